The van der Waals surface area contributed by atoms with Gasteiger partial charge < -0.3 is 0 Å². The summed E-state index contributed by atoms with van der Waals surface area (Å²) in [6, 6.07) is 0. The van der Waals surface area contributed by atoms with E-state index in [0.717, 1.165) is 12.8 Å². The van der Waals surface area contributed by atoms with Crippen LogP contribution in [0.15, 0.2) is 48.6 Å². The lowest BCUT2D eigenvalue weighted by atomic mass is 10.1. The van der Waals surface area contributed by atoms with E-state index in [1.54, 1.807) is 0 Å². The molecule has 0 heteroatoms. The fourth-order valence-corrected chi connectivity index (χ4v) is 1.42. The van der Waals surface area contributed by atoms with Crippen LogP contribution in [-0.4, -0.2) is 0 Å². The van der Waals surface area contributed by atoms with Gasteiger partial charge in [-0.15, -0.1) is 0 Å². The Balaban J connectivity index is 2.35. The van der Waals surface area contributed by atoms with Crippen LogP contribution in [0, 0.1) is 0 Å². The molecule has 1 rings (SSSR count). The monoisotopic (exact) mass is 188 g/mol. The van der Waals surface area contributed by atoms with Crippen LogP contribution in [0.3, 0.4) is 0 Å². The Morgan fingerprint density at radius 2 is 1.07 bits per heavy atom. The highest BCUT2D eigenvalue weighted by Gasteiger charge is 1.83. The molecule has 14 heavy (non-hydrogen) atoms. The molecule has 0 radical (unpaired) electrons. The van der Waals surface area contributed by atoms with Gasteiger partial charge in [0.15, 0.2) is 0 Å². The minimum Gasteiger partial charge on any atom is -0.0882 e. The van der Waals surface area contributed by atoms with Crippen molar-refractivity contribution in [1.82, 2.24) is 0 Å². The van der Waals surface area contributed by atoms with E-state index in [4.69, 9.17) is 0 Å². The average Bonchev–Trinajstić information content (AvgIpc) is 2.22. The van der Waals surface area contributed by atoms with Gasteiger partial charge in [-0.05, 0) is 38.5 Å². The molecule has 0 amide bonds. The lowest BCUT2D eigenvalue weighted by molar-refractivity contribution is 0.761. The molecule has 0 aliphatic heterocycles. The fraction of sp³-hybridized carbons (Fsp3) is 0.429. The third kappa shape index (κ3) is 6.47. The first kappa shape index (κ1) is 11.0. The molecule has 0 aromatic rings. The van der Waals surface area contributed by atoms with Crippen molar-refractivity contribution in [2.45, 2.75) is 38.5 Å². The summed E-state index contributed by atoms with van der Waals surface area (Å²) in [6.45, 7) is 0. The lowest BCUT2D eigenvalue weighted by Gasteiger charge is -1.93. The van der Waals surface area contributed by atoms with Crippen LogP contribution in [0.1, 0.15) is 38.5 Å². The summed E-state index contributed by atoms with van der Waals surface area (Å²) >= 11 is 0. The van der Waals surface area contributed by atoms with Crippen LogP contribution in [0.25, 0.3) is 0 Å². The van der Waals surface area contributed by atoms with Gasteiger partial charge in [0.25, 0.3) is 0 Å². The number of hydrogen-bond donors (Lipinski definition) is 0. The molecular weight excluding hydrogens is 168 g/mol. The fourth-order valence-electron chi connectivity index (χ4n) is 1.42. The molecule has 0 fully saturated rings. The summed E-state index contributed by atoms with van der Waals surface area (Å²) in [6.07, 6.45) is 25.0. The molecule has 0 bridgehead atoms. The van der Waals surface area contributed by atoms with Crippen LogP contribution in [0.2, 0.25) is 0 Å². The van der Waals surface area contributed by atoms with Gasteiger partial charge in [0.2, 0.25) is 0 Å². The van der Waals surface area contributed by atoms with Gasteiger partial charge in [0.1, 0.15) is 0 Å². The van der Waals surface area contributed by atoms with Crippen LogP contribution in [0.4, 0.5) is 0 Å². The smallest absolute Gasteiger partial charge is 0.0166 e. The molecule has 0 nitrogen and oxygen atoms in total. The number of allylic oxidation sites excluding steroid dienone is 8. The Labute approximate surface area is 87.7 Å². The summed E-state index contributed by atoms with van der Waals surface area (Å²) in [7, 11) is 0. The van der Waals surface area contributed by atoms with Crippen molar-refractivity contribution in [3.8, 4) is 0 Å². The second-order valence-corrected chi connectivity index (χ2v) is 3.55. The molecule has 0 aromatic carbocycles. The largest absolute Gasteiger partial charge is 0.0882 e. The molecule has 0 saturated carbocycles. The van der Waals surface area contributed by atoms with Crippen molar-refractivity contribution in [2.24, 2.45) is 0 Å². The predicted octanol–water partition coefficient (Wildman–Crippen LogP) is 4.57. The maximum Gasteiger partial charge on any atom is -0.0166 e. The normalized spacial score (nSPS) is 26.3. The molecule has 0 unspecified atom stereocenters. The van der Waals surface area contributed by atoms with Gasteiger partial charge >= 0.3 is 0 Å². The van der Waals surface area contributed by atoms with Crippen LogP contribution in [0.5, 0.6) is 0 Å². The molecule has 0 spiro atoms. The Morgan fingerprint density at radius 3 is 1.93 bits per heavy atom. The van der Waals surface area contributed by atoms with Crippen LogP contribution in [-0.2, 0) is 0 Å². The quantitative estimate of drug-likeness (QED) is 0.489. The van der Waals surface area contributed by atoms with E-state index in [9.17, 15) is 0 Å². The summed E-state index contributed by atoms with van der Waals surface area (Å²) < 4.78 is 0. The van der Waals surface area contributed by atoms with Gasteiger partial charge in [0, 0.05) is 0 Å². The molecule has 0 N–H and O–H groups in total. The highest BCUT2D eigenvalue weighted by molar-refractivity contribution is 5.05. The second-order valence-electron chi connectivity index (χ2n) is 3.55. The van der Waals surface area contributed by atoms with E-state index in [-0.39, 0.29) is 0 Å². The Kier molecular flexibility index (Phi) is 6.74. The van der Waals surface area contributed by atoms with E-state index >= 15 is 0 Å². The van der Waals surface area contributed by atoms with E-state index in [0.29, 0.717) is 0 Å². The average molecular weight is 188 g/mol. The SMILES string of the molecule is C1=CCCCC/C=C\C=C\C/C=C/C1. The minimum absolute atomic E-state index is 1.05. The lowest BCUT2D eigenvalue weighted by Crippen LogP contribution is -1.72. The standard InChI is InChI=1S/C14H20/c1-2-4-6-8-10-12-14-13-11-9-7-5-3-1/h1-4,7,9,13-14H,5-6,8,10-12H2/b3-1+,4-2-,9-7+,14-13?. The summed E-state index contributed by atoms with van der Waals surface area (Å²) in [5, 5.41) is 0. The zero-order valence-electron chi connectivity index (χ0n) is 8.86. The highest BCUT2D eigenvalue weighted by Crippen LogP contribution is 2.03. The Morgan fingerprint density at radius 1 is 0.500 bits per heavy atom. The van der Waals surface area contributed by atoms with Crippen molar-refractivity contribution in [2.75, 3.05) is 0 Å². The molecule has 0 heterocycles. The number of rotatable bonds is 0. The van der Waals surface area contributed by atoms with Crippen molar-refractivity contribution >= 4 is 0 Å². The van der Waals surface area contributed by atoms with Gasteiger partial charge in [0.05, 0.1) is 0 Å². The first-order valence-corrected chi connectivity index (χ1v) is 5.62. The van der Waals surface area contributed by atoms with Crippen molar-refractivity contribution in [1.29, 1.82) is 0 Å². The molecule has 1 aliphatic rings. The third-order valence-electron chi connectivity index (χ3n) is 2.25. The van der Waals surface area contributed by atoms with E-state index in [1.165, 1.54) is 25.7 Å². The van der Waals surface area contributed by atoms with Gasteiger partial charge in [-0.25, -0.2) is 0 Å². The molecule has 0 saturated heterocycles. The zero-order valence-corrected chi connectivity index (χ0v) is 8.86. The summed E-state index contributed by atoms with van der Waals surface area (Å²) in [5.74, 6) is 0. The first-order valence-electron chi connectivity index (χ1n) is 5.62. The number of hydrogen-bond acceptors (Lipinski definition) is 0. The molecular formula is C14H20. The van der Waals surface area contributed by atoms with Crippen molar-refractivity contribution in [3.63, 3.8) is 0 Å². The predicted molar refractivity (Wildman–Crippen MR) is 64.3 cm³/mol. The molecule has 1 aliphatic carbocycles. The van der Waals surface area contributed by atoms with Crippen LogP contribution >= 0.6 is 0 Å². The van der Waals surface area contributed by atoms with E-state index in [1.807, 2.05) is 0 Å². The van der Waals surface area contributed by atoms with Gasteiger partial charge in [-0.1, -0.05) is 48.6 Å². The summed E-state index contributed by atoms with van der Waals surface area (Å²) in [5.41, 5.74) is 0. The van der Waals surface area contributed by atoms with Gasteiger partial charge in [-0.2, -0.15) is 0 Å². The topological polar surface area (TPSA) is 0 Å². The first-order chi connectivity index (χ1) is 7.00. The van der Waals surface area contributed by atoms with E-state index < -0.39 is 0 Å². The Hall–Kier alpha value is -1.04. The molecule has 0 aromatic heterocycles. The second kappa shape index (κ2) is 8.55. The Bertz CT molecular complexity index is 228. The zero-order chi connectivity index (χ0) is 9.90. The highest BCUT2D eigenvalue weighted by atomic mass is 13.9. The van der Waals surface area contributed by atoms with Crippen LogP contribution < -0.4 is 0 Å². The van der Waals surface area contributed by atoms with E-state index in [2.05, 4.69) is 48.6 Å². The maximum atomic E-state index is 2.30. The maximum absolute atomic E-state index is 2.30. The van der Waals surface area contributed by atoms with Crippen molar-refractivity contribution < 1.29 is 0 Å². The molecule has 0 atom stereocenters. The molecule has 76 valence electrons. The minimum atomic E-state index is 1.05. The third-order valence-corrected chi connectivity index (χ3v) is 2.25. The van der Waals surface area contributed by atoms with Crippen molar-refractivity contribution in [3.05, 3.63) is 48.6 Å². The summed E-state index contributed by atoms with van der Waals surface area (Å²) in [4.78, 5) is 0. The van der Waals surface area contributed by atoms with Gasteiger partial charge in [-0.3, -0.25) is 0 Å².